The Labute approximate surface area is 135 Å². The molecule has 0 aromatic heterocycles. The van der Waals surface area contributed by atoms with E-state index in [-0.39, 0.29) is 12.1 Å². The van der Waals surface area contributed by atoms with Crippen molar-refractivity contribution in [2.24, 2.45) is 0 Å². The van der Waals surface area contributed by atoms with E-state index in [0.717, 1.165) is 24.3 Å². The minimum Gasteiger partial charge on any atom is -0.364 e. The van der Waals surface area contributed by atoms with Crippen molar-refractivity contribution < 1.29 is 4.79 Å². The molecule has 1 saturated heterocycles. The average molecular weight is 316 g/mol. The first kappa shape index (κ1) is 14.7. The number of benzene rings is 2. The number of para-hydroxylation sites is 1. The van der Waals surface area contributed by atoms with Gasteiger partial charge in [0, 0.05) is 30.6 Å². The third-order valence-corrected chi connectivity index (χ3v) is 3.98. The normalized spacial score (nSPS) is 17.6. The van der Waals surface area contributed by atoms with Gasteiger partial charge in [-0.1, -0.05) is 29.8 Å². The number of hydrogen-bond acceptors (Lipinski definition) is 3. The second-order valence-electron chi connectivity index (χ2n) is 5.28. The number of rotatable bonds is 3. The van der Waals surface area contributed by atoms with E-state index in [0.29, 0.717) is 5.02 Å². The molecule has 5 heteroatoms. The lowest BCUT2D eigenvalue weighted by atomic mass is 10.3. The summed E-state index contributed by atoms with van der Waals surface area (Å²) in [5.74, 6) is 0.0211. The van der Waals surface area contributed by atoms with Crippen LogP contribution < -0.4 is 10.3 Å². The molecule has 22 heavy (non-hydrogen) atoms. The summed E-state index contributed by atoms with van der Waals surface area (Å²) in [4.78, 5) is 12.1. The van der Waals surface area contributed by atoms with Crippen LogP contribution in [0.15, 0.2) is 54.6 Å². The highest BCUT2D eigenvalue weighted by Crippen LogP contribution is 2.27. The van der Waals surface area contributed by atoms with Gasteiger partial charge in [0.15, 0.2) is 0 Å². The Morgan fingerprint density at radius 3 is 2.45 bits per heavy atom. The zero-order valence-electron chi connectivity index (χ0n) is 12.4. The van der Waals surface area contributed by atoms with Crippen molar-refractivity contribution in [3.8, 4) is 0 Å². The Kier molecular flexibility index (Phi) is 4.20. The number of hydrazine groups is 1. The Morgan fingerprint density at radius 2 is 1.82 bits per heavy atom. The lowest BCUT2D eigenvalue weighted by Crippen LogP contribution is -2.47. The minimum absolute atomic E-state index is 0.0211. The summed E-state index contributed by atoms with van der Waals surface area (Å²) in [6, 6.07) is 17.5. The first-order valence-corrected chi connectivity index (χ1v) is 7.67. The second-order valence-corrected chi connectivity index (χ2v) is 5.71. The third kappa shape index (κ3) is 3.02. The lowest BCUT2D eigenvalue weighted by molar-refractivity contribution is -0.129. The van der Waals surface area contributed by atoms with Crippen molar-refractivity contribution in [1.29, 1.82) is 0 Å². The smallest absolute Gasteiger partial charge is 0.239 e. The van der Waals surface area contributed by atoms with E-state index in [1.807, 2.05) is 59.6 Å². The van der Waals surface area contributed by atoms with Gasteiger partial charge in [-0.05, 0) is 36.4 Å². The molecule has 3 rings (SSSR count). The van der Waals surface area contributed by atoms with Gasteiger partial charge >= 0.3 is 0 Å². The monoisotopic (exact) mass is 315 g/mol. The SMILES string of the molecule is CC(=O)N1[C@H](Nc2ccc(Cl)cc2)CCN1c1ccccc1. The summed E-state index contributed by atoms with van der Waals surface area (Å²) in [7, 11) is 0. The molecular weight excluding hydrogens is 298 g/mol. The Bertz CT molecular complexity index is 645. The molecule has 1 amide bonds. The highest BCUT2D eigenvalue weighted by molar-refractivity contribution is 6.30. The van der Waals surface area contributed by atoms with Crippen LogP contribution in [0.25, 0.3) is 0 Å². The molecule has 0 unspecified atom stereocenters. The van der Waals surface area contributed by atoms with E-state index in [1.165, 1.54) is 0 Å². The van der Waals surface area contributed by atoms with Crippen LogP contribution in [0.4, 0.5) is 11.4 Å². The van der Waals surface area contributed by atoms with Crippen LogP contribution in [-0.4, -0.2) is 23.6 Å². The van der Waals surface area contributed by atoms with Gasteiger partial charge in [0.05, 0.1) is 5.69 Å². The van der Waals surface area contributed by atoms with Gasteiger partial charge in [0.25, 0.3) is 0 Å². The van der Waals surface area contributed by atoms with Crippen molar-refractivity contribution in [3.63, 3.8) is 0 Å². The summed E-state index contributed by atoms with van der Waals surface area (Å²) >= 11 is 5.91. The molecule has 0 radical (unpaired) electrons. The van der Waals surface area contributed by atoms with E-state index in [9.17, 15) is 4.79 Å². The van der Waals surface area contributed by atoms with Crippen molar-refractivity contribution in [1.82, 2.24) is 5.01 Å². The van der Waals surface area contributed by atoms with Crippen molar-refractivity contribution in [3.05, 3.63) is 59.6 Å². The summed E-state index contributed by atoms with van der Waals surface area (Å²) in [6.07, 6.45) is 0.802. The number of nitrogens with zero attached hydrogens (tertiary/aromatic N) is 2. The summed E-state index contributed by atoms with van der Waals surface area (Å²) < 4.78 is 0. The van der Waals surface area contributed by atoms with Crippen LogP contribution in [0, 0.1) is 0 Å². The molecule has 0 aliphatic carbocycles. The molecule has 1 aliphatic heterocycles. The zero-order valence-corrected chi connectivity index (χ0v) is 13.1. The number of amides is 1. The molecular formula is C17H18ClN3O. The molecule has 0 bridgehead atoms. The number of halogens is 1. The molecule has 2 aromatic rings. The zero-order chi connectivity index (χ0) is 15.5. The molecule has 1 aliphatic rings. The van der Waals surface area contributed by atoms with Gasteiger partial charge in [-0.2, -0.15) is 0 Å². The fourth-order valence-electron chi connectivity index (χ4n) is 2.76. The molecule has 2 aromatic carbocycles. The molecule has 0 saturated carbocycles. The second kappa shape index (κ2) is 6.28. The number of carbonyl (C=O) groups excluding carboxylic acids is 1. The van der Waals surface area contributed by atoms with Crippen molar-refractivity contribution in [2.75, 3.05) is 16.9 Å². The fourth-order valence-corrected chi connectivity index (χ4v) is 2.88. The maximum absolute atomic E-state index is 12.1. The van der Waals surface area contributed by atoms with Crippen LogP contribution in [-0.2, 0) is 4.79 Å². The first-order chi connectivity index (χ1) is 10.6. The summed E-state index contributed by atoms with van der Waals surface area (Å²) in [6.45, 7) is 2.40. The van der Waals surface area contributed by atoms with Crippen LogP contribution in [0.3, 0.4) is 0 Å². The highest BCUT2D eigenvalue weighted by Gasteiger charge is 2.33. The quantitative estimate of drug-likeness (QED) is 0.937. The molecule has 1 N–H and O–H groups in total. The molecule has 0 spiro atoms. The maximum atomic E-state index is 12.1. The van der Waals surface area contributed by atoms with Crippen LogP contribution >= 0.6 is 11.6 Å². The van der Waals surface area contributed by atoms with E-state index in [4.69, 9.17) is 11.6 Å². The van der Waals surface area contributed by atoms with Gasteiger partial charge in [-0.3, -0.25) is 9.80 Å². The molecule has 1 heterocycles. The van der Waals surface area contributed by atoms with Gasteiger partial charge < -0.3 is 5.32 Å². The summed E-state index contributed by atoms with van der Waals surface area (Å²) in [5.41, 5.74) is 1.98. The molecule has 1 atom stereocenters. The predicted molar refractivity (Wildman–Crippen MR) is 89.8 cm³/mol. The standard InChI is InChI=1S/C17H18ClN3O/c1-13(22)21-17(19-15-9-7-14(18)8-10-15)11-12-20(21)16-5-3-2-4-6-16/h2-10,17,19H,11-12H2,1H3/t17-/m0/s1. The van der Waals surface area contributed by atoms with Gasteiger partial charge in [-0.25, -0.2) is 5.01 Å². The fraction of sp³-hybridized carbons (Fsp3) is 0.235. The molecule has 114 valence electrons. The Hall–Kier alpha value is -2.20. The average Bonchev–Trinajstić information content (AvgIpc) is 2.94. The molecule has 4 nitrogen and oxygen atoms in total. The van der Waals surface area contributed by atoms with E-state index >= 15 is 0 Å². The summed E-state index contributed by atoms with van der Waals surface area (Å²) in [5, 5.41) is 7.91. The Balaban J connectivity index is 1.80. The van der Waals surface area contributed by atoms with Crippen LogP contribution in [0.5, 0.6) is 0 Å². The maximum Gasteiger partial charge on any atom is 0.239 e. The van der Waals surface area contributed by atoms with Crippen molar-refractivity contribution >= 4 is 28.9 Å². The molecule has 1 fully saturated rings. The number of nitrogens with one attached hydrogen (secondary N) is 1. The third-order valence-electron chi connectivity index (χ3n) is 3.72. The topological polar surface area (TPSA) is 35.6 Å². The predicted octanol–water partition coefficient (Wildman–Crippen LogP) is 3.75. The van der Waals surface area contributed by atoms with Gasteiger partial charge in [0.2, 0.25) is 5.91 Å². The van der Waals surface area contributed by atoms with E-state index in [2.05, 4.69) is 5.32 Å². The van der Waals surface area contributed by atoms with Crippen LogP contribution in [0.2, 0.25) is 5.02 Å². The van der Waals surface area contributed by atoms with Gasteiger partial charge in [0.1, 0.15) is 6.17 Å². The van der Waals surface area contributed by atoms with Crippen LogP contribution in [0.1, 0.15) is 13.3 Å². The number of carbonyl (C=O) groups is 1. The van der Waals surface area contributed by atoms with Crippen molar-refractivity contribution in [2.45, 2.75) is 19.5 Å². The highest BCUT2D eigenvalue weighted by atomic mass is 35.5. The van der Waals surface area contributed by atoms with E-state index < -0.39 is 0 Å². The largest absolute Gasteiger partial charge is 0.364 e. The van der Waals surface area contributed by atoms with E-state index in [1.54, 1.807) is 11.9 Å². The lowest BCUT2D eigenvalue weighted by Gasteiger charge is -2.33. The number of anilines is 2. The first-order valence-electron chi connectivity index (χ1n) is 7.29. The van der Waals surface area contributed by atoms with Gasteiger partial charge in [-0.15, -0.1) is 0 Å². The minimum atomic E-state index is -0.0566. The Morgan fingerprint density at radius 1 is 1.14 bits per heavy atom. The number of hydrogen-bond donors (Lipinski definition) is 1.